The number of benzene rings is 1. The van der Waals surface area contributed by atoms with Gasteiger partial charge in [-0.1, -0.05) is 30.3 Å². The number of nitrogens with zero attached hydrogens (tertiary/aromatic N) is 4. The quantitative estimate of drug-likeness (QED) is 0.727. The molecule has 0 radical (unpaired) electrons. The maximum Gasteiger partial charge on any atom is 0.319 e. The molecule has 8 nitrogen and oxygen atoms in total. The molecule has 2 aliphatic rings. The van der Waals surface area contributed by atoms with Gasteiger partial charge in [-0.2, -0.15) is 4.31 Å². The Morgan fingerprint density at radius 3 is 2.38 bits per heavy atom. The number of amides is 3. The van der Waals surface area contributed by atoms with Crippen molar-refractivity contribution >= 4 is 22.0 Å². The minimum Gasteiger partial charge on any atom is -0.342 e. The van der Waals surface area contributed by atoms with E-state index in [0.717, 1.165) is 5.56 Å². The molecule has 2 heterocycles. The number of hydrogen-bond donors (Lipinski definition) is 0. The molecule has 29 heavy (non-hydrogen) atoms. The summed E-state index contributed by atoms with van der Waals surface area (Å²) in [6.07, 6.45) is 0.259. The highest BCUT2D eigenvalue weighted by Crippen LogP contribution is 2.36. The van der Waals surface area contributed by atoms with Crippen molar-refractivity contribution in [3.8, 4) is 0 Å². The lowest BCUT2D eigenvalue weighted by molar-refractivity contribution is -0.127. The number of hydrogen-bond acceptors (Lipinski definition) is 4. The summed E-state index contributed by atoms with van der Waals surface area (Å²) in [5.41, 5.74) is 0.142. The molecule has 1 unspecified atom stereocenters. The average molecular weight is 423 g/mol. The molecule has 3 amide bonds. The van der Waals surface area contributed by atoms with Crippen LogP contribution in [0.5, 0.6) is 0 Å². The number of sulfonamides is 1. The third-order valence-electron chi connectivity index (χ3n) is 5.68. The Labute approximate surface area is 173 Å². The van der Waals surface area contributed by atoms with Gasteiger partial charge >= 0.3 is 6.03 Å². The Bertz CT molecular complexity index is 858. The Balaban J connectivity index is 1.89. The summed E-state index contributed by atoms with van der Waals surface area (Å²) in [4.78, 5) is 30.1. The average Bonchev–Trinajstić information content (AvgIpc) is 2.85. The van der Waals surface area contributed by atoms with Crippen LogP contribution in [0.1, 0.15) is 18.9 Å². The summed E-state index contributed by atoms with van der Waals surface area (Å²) in [5.74, 6) is -0.0659. The van der Waals surface area contributed by atoms with E-state index in [1.807, 2.05) is 25.1 Å². The molecule has 1 aromatic rings. The molecule has 1 spiro atoms. The highest BCUT2D eigenvalue weighted by atomic mass is 32.2. The summed E-state index contributed by atoms with van der Waals surface area (Å²) < 4.78 is 27.9. The van der Waals surface area contributed by atoms with E-state index in [9.17, 15) is 18.0 Å². The van der Waals surface area contributed by atoms with Crippen molar-refractivity contribution in [2.45, 2.75) is 19.1 Å². The van der Waals surface area contributed by atoms with Gasteiger partial charge in [0.15, 0.2) is 0 Å². The summed E-state index contributed by atoms with van der Waals surface area (Å²) in [5, 5.41) is 0. The zero-order valence-electron chi connectivity index (χ0n) is 17.4. The van der Waals surface area contributed by atoms with E-state index in [1.54, 1.807) is 36.0 Å². The van der Waals surface area contributed by atoms with Gasteiger partial charge in [0.1, 0.15) is 0 Å². The van der Waals surface area contributed by atoms with E-state index in [-0.39, 0.29) is 37.2 Å². The molecule has 0 aliphatic carbocycles. The second-order valence-corrected chi connectivity index (χ2v) is 10.2. The van der Waals surface area contributed by atoms with E-state index in [4.69, 9.17) is 0 Å². The van der Waals surface area contributed by atoms with Crippen LogP contribution in [-0.2, 0) is 20.6 Å². The van der Waals surface area contributed by atoms with Gasteiger partial charge in [0, 0.05) is 65.2 Å². The summed E-state index contributed by atoms with van der Waals surface area (Å²) >= 11 is 0. The van der Waals surface area contributed by atoms with Crippen molar-refractivity contribution in [2.75, 3.05) is 53.4 Å². The maximum absolute atomic E-state index is 13.2. The summed E-state index contributed by atoms with van der Waals surface area (Å²) in [6, 6.07) is 8.93. The zero-order chi connectivity index (χ0) is 21.2. The molecule has 9 heteroatoms. The normalized spacial score (nSPS) is 23.5. The molecule has 2 saturated heterocycles. The van der Waals surface area contributed by atoms with E-state index in [0.29, 0.717) is 26.2 Å². The number of rotatable bonds is 4. The fraction of sp³-hybridized carbons (Fsp3) is 0.600. The molecule has 2 aliphatic heterocycles. The number of likely N-dealkylation sites (tertiary alicyclic amines) is 1. The molecule has 0 aromatic heterocycles. The fourth-order valence-corrected chi connectivity index (χ4v) is 5.89. The SMILES string of the molecule is CCN1CC2(CC1=O)CN(C(=O)N(C)C)CCN(S(=O)(=O)Cc1ccccc1)C2. The second kappa shape index (κ2) is 8.31. The van der Waals surface area contributed by atoms with Crippen LogP contribution in [0, 0.1) is 5.41 Å². The van der Waals surface area contributed by atoms with Gasteiger partial charge < -0.3 is 14.7 Å². The summed E-state index contributed by atoms with van der Waals surface area (Å²) in [6.45, 7) is 4.14. The van der Waals surface area contributed by atoms with Crippen molar-refractivity contribution in [3.05, 3.63) is 35.9 Å². The van der Waals surface area contributed by atoms with Crippen LogP contribution in [0.25, 0.3) is 0 Å². The lowest BCUT2D eigenvalue weighted by Crippen LogP contribution is -2.47. The van der Waals surface area contributed by atoms with Gasteiger partial charge in [0.2, 0.25) is 15.9 Å². The summed E-state index contributed by atoms with van der Waals surface area (Å²) in [7, 11) is -0.217. The predicted molar refractivity (Wildman–Crippen MR) is 111 cm³/mol. The highest BCUT2D eigenvalue weighted by Gasteiger charge is 2.48. The molecule has 2 fully saturated rings. The van der Waals surface area contributed by atoms with Crippen LogP contribution in [-0.4, -0.2) is 92.7 Å². The highest BCUT2D eigenvalue weighted by molar-refractivity contribution is 7.88. The Kier molecular flexibility index (Phi) is 6.19. The molecular formula is C20H30N4O4S. The van der Waals surface area contributed by atoms with Gasteiger partial charge in [-0.15, -0.1) is 0 Å². The lowest BCUT2D eigenvalue weighted by atomic mass is 9.86. The van der Waals surface area contributed by atoms with Gasteiger partial charge in [0.25, 0.3) is 0 Å². The largest absolute Gasteiger partial charge is 0.342 e. The van der Waals surface area contributed by atoms with E-state index in [2.05, 4.69) is 0 Å². The minimum atomic E-state index is -3.58. The monoisotopic (exact) mass is 422 g/mol. The Morgan fingerprint density at radius 1 is 1.10 bits per heavy atom. The molecule has 3 rings (SSSR count). The molecule has 1 aromatic carbocycles. The number of carbonyl (C=O) groups is 2. The van der Waals surface area contributed by atoms with Crippen molar-refractivity contribution in [1.29, 1.82) is 0 Å². The van der Waals surface area contributed by atoms with E-state index in [1.165, 1.54) is 9.21 Å². The zero-order valence-corrected chi connectivity index (χ0v) is 18.2. The Morgan fingerprint density at radius 2 is 1.79 bits per heavy atom. The molecule has 0 bridgehead atoms. The van der Waals surface area contributed by atoms with E-state index < -0.39 is 15.4 Å². The Hall–Kier alpha value is -2.13. The first-order valence-electron chi connectivity index (χ1n) is 9.91. The van der Waals surface area contributed by atoms with Crippen LogP contribution in [0.15, 0.2) is 30.3 Å². The van der Waals surface area contributed by atoms with Crippen LogP contribution >= 0.6 is 0 Å². The van der Waals surface area contributed by atoms with Crippen molar-refractivity contribution in [3.63, 3.8) is 0 Å². The second-order valence-electron chi connectivity index (χ2n) is 8.26. The van der Waals surface area contributed by atoms with Crippen molar-refractivity contribution in [2.24, 2.45) is 5.41 Å². The third-order valence-corrected chi connectivity index (χ3v) is 7.48. The number of carbonyl (C=O) groups excluding carboxylic acids is 2. The topological polar surface area (TPSA) is 81.2 Å². The standard InChI is InChI=1S/C20H30N4O4S/c1-4-22-14-20(12-18(22)25)15-23(19(26)21(2)3)10-11-24(16-20)29(27,28)13-17-8-6-5-7-9-17/h5-9H,4,10-16H2,1-3H3. The molecule has 0 saturated carbocycles. The number of urea groups is 1. The smallest absolute Gasteiger partial charge is 0.319 e. The first-order chi connectivity index (χ1) is 13.7. The molecule has 0 N–H and O–H groups in total. The van der Waals surface area contributed by atoms with Gasteiger partial charge in [0.05, 0.1) is 5.75 Å². The van der Waals surface area contributed by atoms with Crippen LogP contribution < -0.4 is 0 Å². The first kappa shape index (κ1) is 21.6. The van der Waals surface area contributed by atoms with Crippen molar-refractivity contribution in [1.82, 2.24) is 19.0 Å². The molecule has 1 atom stereocenters. The molecular weight excluding hydrogens is 392 g/mol. The minimum absolute atomic E-state index is 0.0204. The van der Waals surface area contributed by atoms with Crippen LogP contribution in [0.4, 0.5) is 4.79 Å². The van der Waals surface area contributed by atoms with Crippen molar-refractivity contribution < 1.29 is 18.0 Å². The van der Waals surface area contributed by atoms with Gasteiger partial charge in [-0.3, -0.25) is 4.79 Å². The van der Waals surface area contributed by atoms with Gasteiger partial charge in [-0.05, 0) is 12.5 Å². The predicted octanol–water partition coefficient (Wildman–Crippen LogP) is 1.05. The lowest BCUT2D eigenvalue weighted by Gasteiger charge is -2.34. The van der Waals surface area contributed by atoms with Crippen LogP contribution in [0.2, 0.25) is 0 Å². The van der Waals surface area contributed by atoms with Gasteiger partial charge in [-0.25, -0.2) is 13.2 Å². The first-order valence-corrected chi connectivity index (χ1v) is 11.5. The molecule has 160 valence electrons. The van der Waals surface area contributed by atoms with E-state index >= 15 is 0 Å². The maximum atomic E-state index is 13.2. The third kappa shape index (κ3) is 4.72. The van der Waals surface area contributed by atoms with Crippen LogP contribution in [0.3, 0.4) is 0 Å². The fourth-order valence-electron chi connectivity index (χ4n) is 4.26.